The first-order chi connectivity index (χ1) is 9.86. The molecule has 0 aromatic heterocycles. The van der Waals surface area contributed by atoms with Gasteiger partial charge in [-0.1, -0.05) is 12.1 Å². The fourth-order valence-electron chi connectivity index (χ4n) is 2.75. The number of benzene rings is 1. The summed E-state index contributed by atoms with van der Waals surface area (Å²) in [6, 6.07) is 7.34. The van der Waals surface area contributed by atoms with Crippen molar-refractivity contribution in [3.8, 4) is 0 Å². The molecule has 0 amide bonds. The van der Waals surface area contributed by atoms with E-state index in [9.17, 15) is 10.1 Å². The van der Waals surface area contributed by atoms with Gasteiger partial charge in [-0.15, -0.1) is 0 Å². The zero-order chi connectivity index (χ0) is 15.5. The third-order valence-corrected chi connectivity index (χ3v) is 4.19. The SMILES string of the molecule is CC(C)(C)N1CCC(NCc2ccc([N+](=O)[O-])cc2)CC1. The van der Waals surface area contributed by atoms with Gasteiger partial charge in [-0.25, -0.2) is 0 Å². The Labute approximate surface area is 126 Å². The molecular weight excluding hydrogens is 266 g/mol. The second-order valence-corrected chi connectivity index (χ2v) is 6.74. The molecule has 0 radical (unpaired) electrons. The van der Waals surface area contributed by atoms with Crippen molar-refractivity contribution in [1.29, 1.82) is 0 Å². The van der Waals surface area contributed by atoms with Gasteiger partial charge < -0.3 is 5.32 Å². The van der Waals surface area contributed by atoms with Crippen molar-refractivity contribution in [2.45, 2.75) is 51.7 Å². The fourth-order valence-corrected chi connectivity index (χ4v) is 2.75. The highest BCUT2D eigenvalue weighted by molar-refractivity contribution is 5.32. The molecule has 2 rings (SSSR count). The van der Waals surface area contributed by atoms with Crippen LogP contribution in [0.4, 0.5) is 5.69 Å². The minimum Gasteiger partial charge on any atom is -0.310 e. The molecule has 1 saturated heterocycles. The van der Waals surface area contributed by atoms with E-state index in [1.165, 1.54) is 0 Å². The summed E-state index contributed by atoms with van der Waals surface area (Å²) in [5, 5.41) is 14.2. The normalized spacial score (nSPS) is 17.9. The molecule has 0 spiro atoms. The van der Waals surface area contributed by atoms with E-state index in [0.717, 1.165) is 38.0 Å². The predicted molar refractivity (Wildman–Crippen MR) is 84.3 cm³/mol. The average molecular weight is 291 g/mol. The molecule has 21 heavy (non-hydrogen) atoms. The van der Waals surface area contributed by atoms with E-state index in [1.54, 1.807) is 12.1 Å². The van der Waals surface area contributed by atoms with E-state index in [2.05, 4.69) is 31.0 Å². The van der Waals surface area contributed by atoms with Gasteiger partial charge in [-0.2, -0.15) is 0 Å². The largest absolute Gasteiger partial charge is 0.310 e. The van der Waals surface area contributed by atoms with Crippen molar-refractivity contribution in [2.75, 3.05) is 13.1 Å². The number of nitrogens with zero attached hydrogens (tertiary/aromatic N) is 2. The molecule has 1 heterocycles. The Morgan fingerprint density at radius 1 is 1.24 bits per heavy atom. The number of likely N-dealkylation sites (tertiary alicyclic amines) is 1. The zero-order valence-electron chi connectivity index (χ0n) is 13.1. The van der Waals surface area contributed by atoms with E-state index < -0.39 is 0 Å². The highest BCUT2D eigenvalue weighted by Gasteiger charge is 2.26. The number of non-ortho nitro benzene ring substituents is 1. The predicted octanol–water partition coefficient (Wildman–Crippen LogP) is 2.95. The van der Waals surface area contributed by atoms with Crippen molar-refractivity contribution in [2.24, 2.45) is 0 Å². The Balaban J connectivity index is 1.78. The zero-order valence-corrected chi connectivity index (χ0v) is 13.1. The standard InChI is InChI=1S/C16H25N3O2/c1-16(2,3)18-10-8-14(9-11-18)17-12-13-4-6-15(7-5-13)19(20)21/h4-7,14,17H,8-12H2,1-3H3. The fraction of sp³-hybridized carbons (Fsp3) is 0.625. The van der Waals surface area contributed by atoms with E-state index in [-0.39, 0.29) is 16.1 Å². The first kappa shape index (κ1) is 15.9. The molecule has 0 saturated carbocycles. The molecule has 1 N–H and O–H groups in total. The number of hydrogen-bond donors (Lipinski definition) is 1. The Kier molecular flexibility index (Phi) is 4.96. The van der Waals surface area contributed by atoms with Gasteiger partial charge in [-0.3, -0.25) is 15.0 Å². The maximum absolute atomic E-state index is 10.6. The quantitative estimate of drug-likeness (QED) is 0.684. The summed E-state index contributed by atoms with van der Waals surface area (Å²) >= 11 is 0. The van der Waals surface area contributed by atoms with Crippen LogP contribution in [-0.2, 0) is 6.54 Å². The first-order valence-corrected chi connectivity index (χ1v) is 7.58. The molecule has 1 aliphatic rings. The summed E-state index contributed by atoms with van der Waals surface area (Å²) in [4.78, 5) is 12.8. The summed E-state index contributed by atoms with van der Waals surface area (Å²) in [5.74, 6) is 0. The summed E-state index contributed by atoms with van der Waals surface area (Å²) in [6.45, 7) is 9.81. The minimum absolute atomic E-state index is 0.150. The minimum atomic E-state index is -0.362. The molecule has 1 aromatic rings. The van der Waals surface area contributed by atoms with E-state index in [1.807, 2.05) is 12.1 Å². The van der Waals surface area contributed by atoms with Crippen molar-refractivity contribution in [3.05, 3.63) is 39.9 Å². The van der Waals surface area contributed by atoms with Crippen LogP contribution in [0.15, 0.2) is 24.3 Å². The van der Waals surface area contributed by atoms with Crippen molar-refractivity contribution >= 4 is 5.69 Å². The maximum Gasteiger partial charge on any atom is 0.269 e. The molecular formula is C16H25N3O2. The topological polar surface area (TPSA) is 58.4 Å². The van der Waals surface area contributed by atoms with Gasteiger partial charge in [-0.05, 0) is 39.2 Å². The lowest BCUT2D eigenvalue weighted by molar-refractivity contribution is -0.384. The Bertz CT molecular complexity index is 471. The molecule has 5 heteroatoms. The van der Waals surface area contributed by atoms with Crippen LogP contribution in [0.1, 0.15) is 39.2 Å². The Morgan fingerprint density at radius 3 is 2.29 bits per heavy atom. The van der Waals surface area contributed by atoms with Crippen molar-refractivity contribution in [3.63, 3.8) is 0 Å². The number of nitro groups is 1. The van der Waals surface area contributed by atoms with Gasteiger partial charge in [0.2, 0.25) is 0 Å². The lowest BCUT2D eigenvalue weighted by Gasteiger charge is -2.41. The van der Waals surface area contributed by atoms with E-state index in [4.69, 9.17) is 0 Å². The van der Waals surface area contributed by atoms with E-state index >= 15 is 0 Å². The van der Waals surface area contributed by atoms with E-state index in [0.29, 0.717) is 6.04 Å². The van der Waals surface area contributed by atoms with Crippen LogP contribution in [0.5, 0.6) is 0 Å². The van der Waals surface area contributed by atoms with Crippen molar-refractivity contribution in [1.82, 2.24) is 10.2 Å². The van der Waals surface area contributed by atoms with Gasteiger partial charge in [0.25, 0.3) is 5.69 Å². The highest BCUT2D eigenvalue weighted by Crippen LogP contribution is 2.20. The van der Waals surface area contributed by atoms with Gasteiger partial charge in [0.15, 0.2) is 0 Å². The van der Waals surface area contributed by atoms with Crippen LogP contribution >= 0.6 is 0 Å². The number of nitro benzene ring substituents is 1. The van der Waals surface area contributed by atoms with Gasteiger partial charge >= 0.3 is 0 Å². The molecule has 0 bridgehead atoms. The smallest absolute Gasteiger partial charge is 0.269 e. The number of nitrogens with one attached hydrogen (secondary N) is 1. The van der Waals surface area contributed by atoms with Crippen LogP contribution in [0, 0.1) is 10.1 Å². The molecule has 0 aliphatic carbocycles. The monoisotopic (exact) mass is 291 g/mol. The summed E-state index contributed by atoms with van der Waals surface area (Å²) < 4.78 is 0. The first-order valence-electron chi connectivity index (χ1n) is 7.58. The maximum atomic E-state index is 10.6. The third kappa shape index (κ3) is 4.51. The second kappa shape index (κ2) is 6.54. The number of rotatable bonds is 4. The van der Waals surface area contributed by atoms with Gasteiger partial charge in [0, 0.05) is 43.3 Å². The molecule has 1 fully saturated rings. The van der Waals surface area contributed by atoms with Crippen LogP contribution in [-0.4, -0.2) is 34.5 Å². The van der Waals surface area contributed by atoms with Crippen LogP contribution in [0.3, 0.4) is 0 Å². The van der Waals surface area contributed by atoms with Gasteiger partial charge in [0.1, 0.15) is 0 Å². The van der Waals surface area contributed by atoms with Crippen LogP contribution in [0.25, 0.3) is 0 Å². The Morgan fingerprint density at radius 2 is 1.81 bits per heavy atom. The summed E-state index contributed by atoms with van der Waals surface area (Å²) in [5.41, 5.74) is 1.50. The molecule has 1 aromatic carbocycles. The summed E-state index contributed by atoms with van der Waals surface area (Å²) in [7, 11) is 0. The number of piperidine rings is 1. The highest BCUT2D eigenvalue weighted by atomic mass is 16.6. The van der Waals surface area contributed by atoms with Crippen LogP contribution in [0.2, 0.25) is 0 Å². The van der Waals surface area contributed by atoms with Crippen LogP contribution < -0.4 is 5.32 Å². The molecule has 0 atom stereocenters. The van der Waals surface area contributed by atoms with Crippen molar-refractivity contribution < 1.29 is 4.92 Å². The average Bonchev–Trinajstić information content (AvgIpc) is 2.45. The molecule has 0 unspecified atom stereocenters. The Hall–Kier alpha value is -1.46. The number of hydrogen-bond acceptors (Lipinski definition) is 4. The van der Waals surface area contributed by atoms with Gasteiger partial charge in [0.05, 0.1) is 4.92 Å². The molecule has 1 aliphatic heterocycles. The summed E-state index contributed by atoms with van der Waals surface area (Å²) in [6.07, 6.45) is 2.31. The molecule has 5 nitrogen and oxygen atoms in total. The second-order valence-electron chi connectivity index (χ2n) is 6.74. The molecule has 116 valence electrons. The lowest BCUT2D eigenvalue weighted by atomic mass is 9.98. The third-order valence-electron chi connectivity index (χ3n) is 4.19. The lowest BCUT2D eigenvalue weighted by Crippen LogP contribution is -2.49.